The van der Waals surface area contributed by atoms with Gasteiger partial charge in [0.1, 0.15) is 0 Å². The molecule has 0 saturated heterocycles. The summed E-state index contributed by atoms with van der Waals surface area (Å²) in [6.45, 7) is 0. The fourth-order valence-corrected chi connectivity index (χ4v) is 1.76. The summed E-state index contributed by atoms with van der Waals surface area (Å²) in [6.07, 6.45) is 0. The first-order valence-corrected chi connectivity index (χ1v) is 6.14. The molecule has 0 atom stereocenters. The lowest BCUT2D eigenvalue weighted by molar-refractivity contribution is -0.133. The van der Waals surface area contributed by atoms with Crippen molar-refractivity contribution in [1.82, 2.24) is 0 Å². The van der Waals surface area contributed by atoms with Crippen molar-refractivity contribution in [2.24, 2.45) is 5.73 Å². The molecule has 4 N–H and O–H groups in total. The minimum absolute atomic E-state index is 0.000599. The van der Waals surface area contributed by atoms with Crippen LogP contribution in [0.3, 0.4) is 0 Å². The summed E-state index contributed by atoms with van der Waals surface area (Å²) in [5, 5.41) is 10.9. The van der Waals surface area contributed by atoms with Gasteiger partial charge in [-0.25, -0.2) is 0 Å². The van der Waals surface area contributed by atoms with E-state index in [-0.39, 0.29) is 23.0 Å². The Morgan fingerprint density at radius 1 is 1.22 bits per heavy atom. The predicted octanol–water partition coefficient (Wildman–Crippen LogP) is 0.542. The number of para-hydroxylation sites is 1. The van der Waals surface area contributed by atoms with E-state index in [0.717, 1.165) is 11.8 Å². The van der Waals surface area contributed by atoms with Crippen molar-refractivity contribution < 1.29 is 19.5 Å². The lowest BCUT2D eigenvalue weighted by Gasteiger charge is -2.08. The average molecular weight is 268 g/mol. The monoisotopic (exact) mass is 268 g/mol. The van der Waals surface area contributed by atoms with Crippen LogP contribution in [-0.2, 0) is 9.59 Å². The summed E-state index contributed by atoms with van der Waals surface area (Å²) in [5.41, 5.74) is 5.70. The number of benzene rings is 1. The van der Waals surface area contributed by atoms with Gasteiger partial charge in [0.25, 0.3) is 5.91 Å². The SMILES string of the molecule is NC(=O)c1ccccc1NC(=O)CSCC(=O)O. The van der Waals surface area contributed by atoms with Crippen molar-refractivity contribution in [3.05, 3.63) is 29.8 Å². The van der Waals surface area contributed by atoms with Gasteiger partial charge in [0, 0.05) is 0 Å². The molecule has 0 spiro atoms. The largest absolute Gasteiger partial charge is 0.481 e. The number of hydrogen-bond acceptors (Lipinski definition) is 4. The molecule has 0 aliphatic heterocycles. The zero-order chi connectivity index (χ0) is 13.5. The van der Waals surface area contributed by atoms with Gasteiger partial charge < -0.3 is 16.2 Å². The summed E-state index contributed by atoms with van der Waals surface area (Å²) < 4.78 is 0. The Bertz CT molecular complexity index is 476. The topological polar surface area (TPSA) is 109 Å². The number of carbonyl (C=O) groups is 3. The number of aliphatic carboxylic acids is 1. The molecule has 1 rings (SSSR count). The summed E-state index contributed by atoms with van der Waals surface area (Å²) >= 11 is 0.975. The van der Waals surface area contributed by atoms with Crippen LogP contribution >= 0.6 is 11.8 Å². The maximum atomic E-state index is 11.5. The van der Waals surface area contributed by atoms with E-state index in [0.29, 0.717) is 5.69 Å². The van der Waals surface area contributed by atoms with Crippen LogP contribution in [0.25, 0.3) is 0 Å². The Labute approximate surface area is 108 Å². The number of carboxylic acids is 1. The highest BCUT2D eigenvalue weighted by atomic mass is 32.2. The van der Waals surface area contributed by atoms with Crippen LogP contribution < -0.4 is 11.1 Å². The number of amides is 2. The van der Waals surface area contributed by atoms with Gasteiger partial charge in [-0.1, -0.05) is 12.1 Å². The second-order valence-electron chi connectivity index (χ2n) is 3.34. The molecule has 96 valence electrons. The van der Waals surface area contributed by atoms with E-state index in [9.17, 15) is 14.4 Å². The van der Waals surface area contributed by atoms with Crippen LogP contribution in [0, 0.1) is 0 Å². The Hall–Kier alpha value is -2.02. The van der Waals surface area contributed by atoms with Gasteiger partial charge in [-0.05, 0) is 12.1 Å². The lowest BCUT2D eigenvalue weighted by atomic mass is 10.1. The minimum atomic E-state index is -0.981. The number of carboxylic acid groups (broad SMARTS) is 1. The summed E-state index contributed by atoms with van der Waals surface area (Å²) in [4.78, 5) is 32.9. The Balaban J connectivity index is 2.59. The molecule has 6 nitrogen and oxygen atoms in total. The summed E-state index contributed by atoms with van der Waals surface area (Å²) in [6, 6.07) is 6.35. The number of hydrogen-bond donors (Lipinski definition) is 3. The number of rotatable bonds is 6. The van der Waals surface area contributed by atoms with E-state index in [1.807, 2.05) is 0 Å². The Morgan fingerprint density at radius 3 is 2.50 bits per heavy atom. The van der Waals surface area contributed by atoms with Crippen molar-refractivity contribution >= 4 is 35.2 Å². The molecule has 7 heteroatoms. The van der Waals surface area contributed by atoms with E-state index >= 15 is 0 Å². The van der Waals surface area contributed by atoms with Gasteiger partial charge in [0.2, 0.25) is 5.91 Å². The number of carbonyl (C=O) groups excluding carboxylic acids is 2. The fourth-order valence-electron chi connectivity index (χ4n) is 1.22. The third-order valence-electron chi connectivity index (χ3n) is 1.93. The number of thioether (sulfide) groups is 1. The third-order valence-corrected chi connectivity index (χ3v) is 2.84. The molecule has 0 radical (unpaired) electrons. The summed E-state index contributed by atoms with van der Waals surface area (Å²) in [5.74, 6) is -2.14. The first-order chi connectivity index (χ1) is 8.50. The van der Waals surface area contributed by atoms with E-state index in [2.05, 4.69) is 5.32 Å². The second-order valence-corrected chi connectivity index (χ2v) is 4.33. The molecule has 0 heterocycles. The van der Waals surface area contributed by atoms with Gasteiger partial charge in [0.05, 0.1) is 22.8 Å². The van der Waals surface area contributed by atoms with E-state index in [1.54, 1.807) is 18.2 Å². The highest BCUT2D eigenvalue weighted by Crippen LogP contribution is 2.14. The van der Waals surface area contributed by atoms with Crippen LogP contribution in [0.15, 0.2) is 24.3 Å². The molecule has 0 aromatic heterocycles. The zero-order valence-corrected chi connectivity index (χ0v) is 10.2. The Kier molecular flexibility index (Phi) is 5.19. The van der Waals surface area contributed by atoms with Crippen molar-refractivity contribution in [3.8, 4) is 0 Å². The lowest BCUT2D eigenvalue weighted by Crippen LogP contribution is -2.19. The molecule has 18 heavy (non-hydrogen) atoms. The molecular formula is C11H12N2O4S. The maximum absolute atomic E-state index is 11.5. The van der Waals surface area contributed by atoms with Gasteiger partial charge >= 0.3 is 5.97 Å². The molecule has 2 amide bonds. The number of anilines is 1. The molecule has 0 saturated carbocycles. The van der Waals surface area contributed by atoms with Crippen molar-refractivity contribution in [2.75, 3.05) is 16.8 Å². The van der Waals surface area contributed by atoms with Gasteiger partial charge in [-0.15, -0.1) is 11.8 Å². The maximum Gasteiger partial charge on any atom is 0.313 e. The molecule has 0 aliphatic rings. The molecular weight excluding hydrogens is 256 g/mol. The van der Waals surface area contributed by atoms with Crippen LogP contribution in [0.4, 0.5) is 5.69 Å². The average Bonchev–Trinajstić information content (AvgIpc) is 2.28. The molecule has 1 aromatic carbocycles. The predicted molar refractivity (Wildman–Crippen MR) is 68.6 cm³/mol. The first kappa shape index (κ1) is 14.0. The van der Waals surface area contributed by atoms with Gasteiger partial charge in [-0.3, -0.25) is 14.4 Å². The fraction of sp³-hybridized carbons (Fsp3) is 0.182. The van der Waals surface area contributed by atoms with Gasteiger partial charge in [0.15, 0.2) is 0 Å². The highest BCUT2D eigenvalue weighted by molar-refractivity contribution is 8.00. The second kappa shape index (κ2) is 6.65. The molecule has 0 fully saturated rings. The van der Waals surface area contributed by atoms with E-state index < -0.39 is 11.9 Å². The van der Waals surface area contributed by atoms with E-state index in [4.69, 9.17) is 10.8 Å². The molecule has 0 unspecified atom stereocenters. The van der Waals surface area contributed by atoms with Crippen molar-refractivity contribution in [2.45, 2.75) is 0 Å². The van der Waals surface area contributed by atoms with Crippen LogP contribution in [-0.4, -0.2) is 34.4 Å². The normalized spacial score (nSPS) is 9.78. The smallest absolute Gasteiger partial charge is 0.313 e. The Morgan fingerprint density at radius 2 is 1.89 bits per heavy atom. The number of nitrogens with two attached hydrogens (primary N) is 1. The van der Waals surface area contributed by atoms with Crippen LogP contribution in [0.2, 0.25) is 0 Å². The highest BCUT2D eigenvalue weighted by Gasteiger charge is 2.10. The number of nitrogens with one attached hydrogen (secondary N) is 1. The van der Waals surface area contributed by atoms with Crippen molar-refractivity contribution in [3.63, 3.8) is 0 Å². The first-order valence-electron chi connectivity index (χ1n) is 4.99. The minimum Gasteiger partial charge on any atom is -0.481 e. The molecule has 0 aliphatic carbocycles. The van der Waals surface area contributed by atoms with Crippen LogP contribution in [0.1, 0.15) is 10.4 Å². The zero-order valence-electron chi connectivity index (χ0n) is 9.38. The van der Waals surface area contributed by atoms with Crippen molar-refractivity contribution in [1.29, 1.82) is 0 Å². The van der Waals surface area contributed by atoms with E-state index in [1.165, 1.54) is 6.07 Å². The summed E-state index contributed by atoms with van der Waals surface area (Å²) in [7, 11) is 0. The third kappa shape index (κ3) is 4.46. The van der Waals surface area contributed by atoms with Gasteiger partial charge in [-0.2, -0.15) is 0 Å². The quantitative estimate of drug-likeness (QED) is 0.697. The standard InChI is InChI=1S/C11H12N2O4S/c12-11(17)7-3-1-2-4-8(7)13-9(14)5-18-6-10(15)16/h1-4H,5-6H2,(H2,12,17)(H,13,14)(H,15,16). The molecule has 1 aromatic rings. The van der Waals surface area contributed by atoms with Crippen LogP contribution in [0.5, 0.6) is 0 Å². The molecule has 0 bridgehead atoms. The number of primary amides is 1.